The maximum Gasteiger partial charge on any atom is 0.307 e. The Balaban J connectivity index is 1.13. The van der Waals surface area contributed by atoms with E-state index in [2.05, 4.69) is 91.0 Å². The number of nitrogens with two attached hydrogens (primary N) is 1. The van der Waals surface area contributed by atoms with Gasteiger partial charge in [-0.15, -0.1) is 0 Å². The van der Waals surface area contributed by atoms with Crippen molar-refractivity contribution in [3.8, 4) is 5.75 Å². The topological polar surface area (TPSA) is 83.6 Å². The van der Waals surface area contributed by atoms with Gasteiger partial charge in [0.05, 0.1) is 5.92 Å². The Bertz CT molecular complexity index is 1860. The van der Waals surface area contributed by atoms with Crippen LogP contribution in [0.5, 0.6) is 5.75 Å². The average molecular weight is 698 g/mol. The maximum atomic E-state index is 13.3. The third kappa shape index (κ3) is 8.33. The van der Waals surface area contributed by atoms with Gasteiger partial charge >= 0.3 is 5.97 Å². The van der Waals surface area contributed by atoms with Crippen LogP contribution in [0.15, 0.2) is 96.6 Å². The Morgan fingerprint density at radius 3 is 2.33 bits per heavy atom. The molecule has 3 aromatic rings. The summed E-state index contributed by atoms with van der Waals surface area (Å²) in [4.78, 5) is 13.3. The molecule has 0 aliphatic heterocycles. The number of phenols is 1. The molecule has 0 heterocycles. The summed E-state index contributed by atoms with van der Waals surface area (Å²) in [6.07, 6.45) is 28.1. The fourth-order valence-electron chi connectivity index (χ4n) is 10.5. The summed E-state index contributed by atoms with van der Waals surface area (Å²) in [6, 6.07) is 25.6. The summed E-state index contributed by atoms with van der Waals surface area (Å²) in [5.41, 5.74) is 10.7. The second-order valence-electron chi connectivity index (χ2n) is 16.5. The van der Waals surface area contributed by atoms with Gasteiger partial charge in [0.15, 0.2) is 0 Å². The molecule has 4 aliphatic carbocycles. The Morgan fingerprint density at radius 1 is 0.808 bits per heavy atom. The first-order valence-corrected chi connectivity index (χ1v) is 20.4. The fraction of sp³-hybridized carbons (Fsp3) is 0.479. The third-order valence-electron chi connectivity index (χ3n) is 13.3. The van der Waals surface area contributed by atoms with Crippen LogP contribution in [0.2, 0.25) is 0 Å². The van der Waals surface area contributed by atoms with E-state index in [1.165, 1.54) is 72.1 Å². The summed E-state index contributed by atoms with van der Waals surface area (Å²) in [5, 5.41) is 23.7. The molecular weight excluding hydrogens is 639 g/mol. The predicted octanol–water partition coefficient (Wildman–Crippen LogP) is 9.34. The van der Waals surface area contributed by atoms with E-state index in [1.54, 1.807) is 5.57 Å². The minimum absolute atomic E-state index is 0.305. The molecule has 4 aliphatic rings. The molecule has 2 bridgehead atoms. The molecule has 274 valence electrons. The number of benzene rings is 3. The molecule has 4 heteroatoms. The highest BCUT2D eigenvalue weighted by Crippen LogP contribution is 2.52. The molecule has 0 unspecified atom stereocenters. The summed E-state index contributed by atoms with van der Waals surface area (Å²) in [5.74, 6) is 1.41. The maximum absolute atomic E-state index is 13.3. The van der Waals surface area contributed by atoms with Crippen LogP contribution in [-0.4, -0.2) is 22.7 Å². The minimum Gasteiger partial charge on any atom is -0.508 e. The van der Waals surface area contributed by atoms with Crippen molar-refractivity contribution in [1.82, 2.24) is 0 Å². The Kier molecular flexibility index (Phi) is 11.8. The van der Waals surface area contributed by atoms with E-state index in [9.17, 15) is 15.0 Å². The SMILES string of the molecule is NCCC1=C[C@H](CCCCCC[C@H]2CC=CC[C@@H](C(=O)O)[C@@]3(CC[C@@H]4C=c5ccccc5=C[C@H]4C3)c3cccc(c3)C[C@H]2c2ccc(O)cc2)CC1. The number of carboxylic acids is 1. The van der Waals surface area contributed by atoms with Crippen LogP contribution in [0.25, 0.3) is 12.2 Å². The first-order valence-electron chi connectivity index (χ1n) is 20.4. The van der Waals surface area contributed by atoms with Gasteiger partial charge in [0.2, 0.25) is 0 Å². The number of carboxylic acid groups (broad SMARTS) is 1. The molecule has 0 saturated heterocycles. The highest BCUT2D eigenvalue weighted by molar-refractivity contribution is 5.73. The molecule has 52 heavy (non-hydrogen) atoms. The predicted molar refractivity (Wildman–Crippen MR) is 213 cm³/mol. The lowest BCUT2D eigenvalue weighted by atomic mass is 9.55. The summed E-state index contributed by atoms with van der Waals surface area (Å²) < 4.78 is 0. The molecule has 0 aromatic heterocycles. The highest BCUT2D eigenvalue weighted by atomic mass is 16.4. The van der Waals surface area contributed by atoms with Crippen molar-refractivity contribution in [2.45, 2.75) is 108 Å². The summed E-state index contributed by atoms with van der Waals surface area (Å²) in [6.45, 7) is 0.765. The number of hydrogen-bond acceptors (Lipinski definition) is 3. The van der Waals surface area contributed by atoms with Gasteiger partial charge in [0.25, 0.3) is 0 Å². The number of aliphatic carboxylic acids is 1. The van der Waals surface area contributed by atoms with Crippen LogP contribution < -0.4 is 16.2 Å². The standard InChI is InChI=1S/C48H59NO3/c49-27-25-35-19-18-34(28-35)10-3-1-2-4-12-37-13-7-8-17-46(47(51)52)48(26-24-41-31-39-14-5-6-15-40(39)32-42(41)33-48)43-16-9-11-36(29-43)30-45(37)38-20-22-44(50)23-21-38/h5-9,11,14-16,20-23,28-29,31-32,34,37,41-42,45-46,50H,1-4,10,12-13,17-19,24-27,30,33,49H2,(H,51,52)/t34-,37+,41-,42+,45-,46+,48-/m1/s1. The van der Waals surface area contributed by atoms with Crippen LogP contribution in [0.1, 0.15) is 112 Å². The molecule has 0 radical (unpaired) electrons. The van der Waals surface area contributed by atoms with Crippen molar-refractivity contribution in [2.24, 2.45) is 35.3 Å². The molecule has 1 fully saturated rings. The van der Waals surface area contributed by atoms with E-state index in [0.717, 1.165) is 57.4 Å². The lowest BCUT2D eigenvalue weighted by Crippen LogP contribution is -2.47. The van der Waals surface area contributed by atoms with Gasteiger partial charge in [0.1, 0.15) is 5.75 Å². The molecule has 4 N–H and O–H groups in total. The van der Waals surface area contributed by atoms with Gasteiger partial charge in [-0.25, -0.2) is 0 Å². The zero-order valence-corrected chi connectivity index (χ0v) is 31.0. The molecule has 1 spiro atoms. The zero-order valence-electron chi connectivity index (χ0n) is 31.0. The summed E-state index contributed by atoms with van der Waals surface area (Å²) >= 11 is 0. The molecule has 1 saturated carbocycles. The van der Waals surface area contributed by atoms with Gasteiger partial charge in [-0.3, -0.25) is 4.79 Å². The van der Waals surface area contributed by atoms with Gasteiger partial charge in [-0.05, 0) is 146 Å². The Hall–Kier alpha value is -3.89. The van der Waals surface area contributed by atoms with Crippen LogP contribution in [-0.2, 0) is 16.6 Å². The van der Waals surface area contributed by atoms with Crippen LogP contribution in [0.3, 0.4) is 0 Å². The fourth-order valence-corrected chi connectivity index (χ4v) is 10.5. The van der Waals surface area contributed by atoms with Crippen LogP contribution >= 0.6 is 0 Å². The van der Waals surface area contributed by atoms with Crippen molar-refractivity contribution in [1.29, 1.82) is 0 Å². The van der Waals surface area contributed by atoms with Crippen molar-refractivity contribution in [2.75, 3.05) is 6.54 Å². The van der Waals surface area contributed by atoms with Gasteiger partial charge in [0, 0.05) is 5.41 Å². The molecule has 7 atom stereocenters. The molecule has 3 aromatic carbocycles. The number of unbranched alkanes of at least 4 members (excludes halogenated alkanes) is 3. The largest absolute Gasteiger partial charge is 0.508 e. The van der Waals surface area contributed by atoms with E-state index in [0.29, 0.717) is 35.8 Å². The normalized spacial score (nSPS) is 28.4. The number of rotatable bonds is 11. The first kappa shape index (κ1) is 36.5. The van der Waals surface area contributed by atoms with E-state index in [-0.39, 0.29) is 0 Å². The lowest BCUT2D eigenvalue weighted by molar-refractivity contribution is -0.145. The first-order chi connectivity index (χ1) is 25.4. The van der Waals surface area contributed by atoms with E-state index in [1.807, 2.05) is 12.1 Å². The van der Waals surface area contributed by atoms with Crippen molar-refractivity contribution in [3.05, 3.63) is 124 Å². The number of phenolic OH excluding ortho intramolecular Hbond substituents is 1. The van der Waals surface area contributed by atoms with Crippen molar-refractivity contribution < 1.29 is 15.0 Å². The van der Waals surface area contributed by atoms with E-state index in [4.69, 9.17) is 5.73 Å². The Morgan fingerprint density at radius 2 is 1.56 bits per heavy atom. The number of fused-ring (bicyclic) bond motifs is 5. The quantitative estimate of drug-likeness (QED) is 0.138. The van der Waals surface area contributed by atoms with Crippen LogP contribution in [0.4, 0.5) is 0 Å². The minimum atomic E-state index is -0.673. The smallest absolute Gasteiger partial charge is 0.307 e. The third-order valence-corrected chi connectivity index (χ3v) is 13.3. The second kappa shape index (κ2) is 16.8. The Labute approximate surface area is 311 Å². The zero-order chi connectivity index (χ0) is 35.9. The van der Waals surface area contributed by atoms with Crippen molar-refractivity contribution >= 4 is 18.1 Å². The van der Waals surface area contributed by atoms with Gasteiger partial charge in [-0.1, -0.05) is 122 Å². The van der Waals surface area contributed by atoms with E-state index >= 15 is 0 Å². The number of hydrogen-bond donors (Lipinski definition) is 3. The average Bonchev–Trinajstić information content (AvgIpc) is 3.60. The lowest BCUT2D eigenvalue weighted by Gasteiger charge is -2.48. The molecule has 0 amide bonds. The van der Waals surface area contributed by atoms with Crippen molar-refractivity contribution in [3.63, 3.8) is 0 Å². The summed E-state index contributed by atoms with van der Waals surface area (Å²) in [7, 11) is 0. The van der Waals surface area contributed by atoms with Gasteiger partial charge in [-0.2, -0.15) is 0 Å². The molecular formula is C48H59NO3. The van der Waals surface area contributed by atoms with Crippen LogP contribution in [0, 0.1) is 29.6 Å². The number of aromatic hydroxyl groups is 1. The number of allylic oxidation sites excluding steroid dienone is 3. The van der Waals surface area contributed by atoms with E-state index < -0.39 is 17.3 Å². The molecule has 4 nitrogen and oxygen atoms in total. The van der Waals surface area contributed by atoms with Gasteiger partial charge < -0.3 is 15.9 Å². The highest BCUT2D eigenvalue weighted by Gasteiger charge is 2.49. The number of carbonyl (C=O) groups is 1. The monoisotopic (exact) mass is 697 g/mol. The second-order valence-corrected chi connectivity index (χ2v) is 16.5. The molecule has 7 rings (SSSR count).